The Labute approximate surface area is 150 Å². The van der Waals surface area contributed by atoms with E-state index in [4.69, 9.17) is 0 Å². The van der Waals surface area contributed by atoms with Gasteiger partial charge in [0.15, 0.2) is 0 Å². The second-order valence-corrected chi connectivity index (χ2v) is 7.10. The highest BCUT2D eigenvalue weighted by Gasteiger charge is 2.55. The van der Waals surface area contributed by atoms with E-state index in [1.54, 1.807) is 0 Å². The van der Waals surface area contributed by atoms with E-state index in [2.05, 4.69) is 17.6 Å². The van der Waals surface area contributed by atoms with Gasteiger partial charge in [0.1, 0.15) is 23.9 Å². The van der Waals surface area contributed by atoms with Gasteiger partial charge in [-0.1, -0.05) is 52.4 Å². The van der Waals surface area contributed by atoms with Gasteiger partial charge in [-0.15, -0.1) is 0 Å². The molecule has 6 N–H and O–H groups in total. The Morgan fingerprint density at radius 3 is 2.24 bits per heavy atom. The van der Waals surface area contributed by atoms with Gasteiger partial charge >= 0.3 is 0 Å². The fraction of sp³-hybridized carbons (Fsp3) is 0.944. The van der Waals surface area contributed by atoms with E-state index in [0.29, 0.717) is 19.4 Å². The lowest BCUT2D eigenvalue weighted by Crippen LogP contribution is -2.77. The van der Waals surface area contributed by atoms with Crippen molar-refractivity contribution in [1.29, 1.82) is 0 Å². The Morgan fingerprint density at radius 1 is 1.00 bits per heavy atom. The Morgan fingerprint density at radius 2 is 1.64 bits per heavy atom. The lowest BCUT2D eigenvalue weighted by atomic mass is 9.76. The third kappa shape index (κ3) is 5.62. The van der Waals surface area contributed by atoms with Gasteiger partial charge in [-0.2, -0.15) is 0 Å². The molecule has 1 heterocycles. The summed E-state index contributed by atoms with van der Waals surface area (Å²) < 4.78 is 0. The molecule has 1 unspecified atom stereocenters. The van der Waals surface area contributed by atoms with Crippen LogP contribution >= 0.6 is 0 Å². The molecule has 0 aromatic rings. The molecular formula is C18H36N2O5. The monoisotopic (exact) mass is 360 g/mol. The minimum absolute atomic E-state index is 0.336. The largest absolute Gasteiger partial charge is 0.395 e. The Bertz CT molecular complexity index is 394. The zero-order valence-corrected chi connectivity index (χ0v) is 15.6. The molecule has 1 aliphatic heterocycles. The van der Waals surface area contributed by atoms with Gasteiger partial charge in [0.05, 0.1) is 12.6 Å². The van der Waals surface area contributed by atoms with Crippen molar-refractivity contribution < 1.29 is 25.2 Å². The molecule has 0 aromatic carbocycles. The lowest BCUT2D eigenvalue weighted by molar-refractivity contribution is -0.165. The molecule has 1 rings (SSSR count). The molecular weight excluding hydrogens is 324 g/mol. The number of carbonyl (C=O) groups excluding carboxylic acids is 1. The molecule has 7 heteroatoms. The van der Waals surface area contributed by atoms with Gasteiger partial charge in [-0.3, -0.25) is 10.1 Å². The van der Waals surface area contributed by atoms with Crippen molar-refractivity contribution in [3.05, 3.63) is 0 Å². The number of unbranched alkanes of at least 4 members (excludes halogenated alkanes) is 5. The van der Waals surface area contributed by atoms with Crippen LogP contribution in [0, 0.1) is 0 Å². The first-order chi connectivity index (χ1) is 11.9. The summed E-state index contributed by atoms with van der Waals surface area (Å²) in [5.41, 5.74) is -1.40. The van der Waals surface area contributed by atoms with Crippen LogP contribution < -0.4 is 10.6 Å². The fourth-order valence-electron chi connectivity index (χ4n) is 3.47. The van der Waals surface area contributed by atoms with Crippen LogP contribution in [0.15, 0.2) is 0 Å². The minimum atomic E-state index is -1.48. The molecule has 25 heavy (non-hydrogen) atoms. The average molecular weight is 360 g/mol. The summed E-state index contributed by atoms with van der Waals surface area (Å²) in [4.78, 5) is 12.9. The second-order valence-electron chi connectivity index (χ2n) is 7.10. The summed E-state index contributed by atoms with van der Waals surface area (Å²) in [7, 11) is 0. The molecule has 5 atom stereocenters. The van der Waals surface area contributed by atoms with Crippen LogP contribution in [0.2, 0.25) is 0 Å². The molecule has 7 nitrogen and oxygen atoms in total. The van der Waals surface area contributed by atoms with Crippen molar-refractivity contribution in [3.63, 3.8) is 0 Å². The third-order valence-corrected chi connectivity index (χ3v) is 5.13. The second kappa shape index (κ2) is 11.1. The summed E-state index contributed by atoms with van der Waals surface area (Å²) in [6.45, 7) is 4.24. The van der Waals surface area contributed by atoms with E-state index >= 15 is 0 Å². The van der Waals surface area contributed by atoms with Crippen molar-refractivity contribution in [2.45, 2.75) is 95.1 Å². The van der Waals surface area contributed by atoms with Crippen molar-refractivity contribution in [2.24, 2.45) is 0 Å². The Kier molecular flexibility index (Phi) is 9.89. The summed E-state index contributed by atoms with van der Waals surface area (Å²) in [6.07, 6.45) is 2.74. The van der Waals surface area contributed by atoms with E-state index in [1.165, 1.54) is 0 Å². The standard InChI is InChI=1S/C18H36N2O5/c1-3-5-7-9-11-19-17(25)18(10-8-6-4-2)16(24)15(23)14(22)13(12-21)20-18/h13-16,20-24H,3-12H2,1-2H3,(H,19,25)/t13-,14+,15+,16-,18?/m1/s1. The number of hydrogen-bond acceptors (Lipinski definition) is 6. The quantitative estimate of drug-likeness (QED) is 0.290. The zero-order chi connectivity index (χ0) is 18.9. The molecule has 0 spiro atoms. The highest BCUT2D eigenvalue weighted by molar-refractivity contribution is 5.87. The summed E-state index contributed by atoms with van der Waals surface area (Å²) in [6, 6.07) is -0.856. The van der Waals surface area contributed by atoms with Crippen LogP contribution in [-0.4, -0.2) is 69.4 Å². The third-order valence-electron chi connectivity index (χ3n) is 5.13. The van der Waals surface area contributed by atoms with Gasteiger partial charge < -0.3 is 25.7 Å². The van der Waals surface area contributed by atoms with Crippen LogP contribution in [0.1, 0.15) is 65.2 Å². The maximum atomic E-state index is 12.9. The molecule has 0 saturated carbocycles. The molecule has 0 bridgehead atoms. The number of aliphatic hydroxyl groups is 4. The normalized spacial score (nSPS) is 32.6. The predicted octanol–water partition coefficient (Wildman–Crippen LogP) is 0.0488. The maximum absolute atomic E-state index is 12.9. The van der Waals surface area contributed by atoms with Crippen LogP contribution in [0.3, 0.4) is 0 Å². The number of amides is 1. The number of nitrogens with one attached hydrogen (secondary N) is 2. The van der Waals surface area contributed by atoms with E-state index in [-0.39, 0.29) is 5.91 Å². The lowest BCUT2D eigenvalue weighted by Gasteiger charge is -2.48. The topological polar surface area (TPSA) is 122 Å². The summed E-state index contributed by atoms with van der Waals surface area (Å²) in [5.74, 6) is -0.378. The zero-order valence-electron chi connectivity index (χ0n) is 15.6. The fourth-order valence-corrected chi connectivity index (χ4v) is 3.47. The Balaban J connectivity index is 2.86. The van der Waals surface area contributed by atoms with E-state index in [0.717, 1.165) is 38.5 Å². The molecule has 0 aliphatic carbocycles. The average Bonchev–Trinajstić information content (AvgIpc) is 2.61. The van der Waals surface area contributed by atoms with Crippen LogP contribution in [0.5, 0.6) is 0 Å². The first-order valence-electron chi connectivity index (χ1n) is 9.65. The highest BCUT2D eigenvalue weighted by atomic mass is 16.4. The number of piperidine rings is 1. The highest BCUT2D eigenvalue weighted by Crippen LogP contribution is 2.29. The van der Waals surface area contributed by atoms with Crippen molar-refractivity contribution in [3.8, 4) is 0 Å². The smallest absolute Gasteiger partial charge is 0.243 e. The van der Waals surface area contributed by atoms with Crippen molar-refractivity contribution >= 4 is 5.91 Å². The molecule has 0 radical (unpaired) electrons. The van der Waals surface area contributed by atoms with Crippen molar-refractivity contribution in [2.75, 3.05) is 13.2 Å². The van der Waals surface area contributed by atoms with Gasteiger partial charge in [-0.25, -0.2) is 0 Å². The maximum Gasteiger partial charge on any atom is 0.243 e. The SMILES string of the molecule is CCCCCCNC(=O)C1(CCCCC)N[C@H](CO)[C@H](O)[C@H](O)[C@H]1O. The molecule has 1 amide bonds. The van der Waals surface area contributed by atoms with E-state index < -0.39 is 36.5 Å². The van der Waals surface area contributed by atoms with Crippen LogP contribution in [0.25, 0.3) is 0 Å². The number of carbonyl (C=O) groups is 1. The van der Waals surface area contributed by atoms with Gasteiger partial charge in [0.25, 0.3) is 0 Å². The van der Waals surface area contributed by atoms with E-state index in [1.807, 2.05) is 6.92 Å². The first kappa shape index (κ1) is 22.3. The number of hydrogen-bond donors (Lipinski definition) is 6. The van der Waals surface area contributed by atoms with Crippen LogP contribution in [-0.2, 0) is 4.79 Å². The van der Waals surface area contributed by atoms with Crippen molar-refractivity contribution in [1.82, 2.24) is 10.6 Å². The molecule has 148 valence electrons. The molecule has 1 aliphatic rings. The molecule has 1 fully saturated rings. The number of rotatable bonds is 11. The van der Waals surface area contributed by atoms with Crippen LogP contribution in [0.4, 0.5) is 0 Å². The first-order valence-corrected chi connectivity index (χ1v) is 9.65. The summed E-state index contributed by atoms with van der Waals surface area (Å²) >= 11 is 0. The molecule has 0 aromatic heterocycles. The minimum Gasteiger partial charge on any atom is -0.395 e. The molecule has 1 saturated heterocycles. The summed E-state index contributed by atoms with van der Waals surface area (Å²) in [5, 5.41) is 46.0. The Hall–Kier alpha value is -0.730. The van der Waals surface area contributed by atoms with Gasteiger partial charge in [0, 0.05) is 6.54 Å². The predicted molar refractivity (Wildman–Crippen MR) is 96.1 cm³/mol. The number of aliphatic hydroxyl groups excluding tert-OH is 4. The van der Waals surface area contributed by atoms with Gasteiger partial charge in [-0.05, 0) is 12.8 Å². The van der Waals surface area contributed by atoms with Gasteiger partial charge in [0.2, 0.25) is 5.91 Å². The van der Waals surface area contributed by atoms with E-state index in [9.17, 15) is 25.2 Å².